The van der Waals surface area contributed by atoms with Gasteiger partial charge in [0.15, 0.2) is 0 Å². The summed E-state index contributed by atoms with van der Waals surface area (Å²) in [6.07, 6.45) is -0.961. The van der Waals surface area contributed by atoms with E-state index < -0.39 is 18.2 Å². The number of pyridine rings is 1. The topological polar surface area (TPSA) is 97.8 Å². The smallest absolute Gasteiger partial charge is 0.384 e. The van der Waals surface area contributed by atoms with Crippen molar-refractivity contribution >= 4 is 23.5 Å². The summed E-state index contributed by atoms with van der Waals surface area (Å²) >= 11 is 6.05. The number of hydrogen-bond donors (Lipinski definition) is 3. The second kappa shape index (κ2) is 8.64. The molecule has 29 heavy (non-hydrogen) atoms. The summed E-state index contributed by atoms with van der Waals surface area (Å²) in [4.78, 5) is 17.3. The maximum Gasteiger partial charge on any atom is 0.394 e. The Morgan fingerprint density at radius 3 is 2.93 bits per heavy atom. The first-order valence-corrected chi connectivity index (χ1v) is 9.10. The number of aromatic nitrogens is 3. The number of halogens is 4. The quantitative estimate of drug-likeness (QED) is 0.617. The predicted octanol–water partition coefficient (Wildman–Crippen LogP) is 2.83. The van der Waals surface area contributed by atoms with Crippen molar-refractivity contribution in [3.05, 3.63) is 62.4 Å². The Balaban J connectivity index is 1.75. The molecule has 2 aromatic heterocycles. The van der Waals surface area contributed by atoms with Crippen molar-refractivity contribution in [3.8, 4) is 0 Å². The fourth-order valence-corrected chi connectivity index (χ4v) is 3.32. The van der Waals surface area contributed by atoms with Crippen LogP contribution in [0.2, 0.25) is 5.02 Å². The SMILES string of the molecule is N=CC1=C(NCc2cccnc2CC(F)(F)F)CCN(c2cn[nH]c(=O)c2Cl)C1. The number of nitrogens with one attached hydrogen (secondary N) is 3. The molecule has 7 nitrogen and oxygen atoms in total. The van der Waals surface area contributed by atoms with E-state index in [1.807, 2.05) is 4.90 Å². The van der Waals surface area contributed by atoms with Gasteiger partial charge in [-0.3, -0.25) is 9.78 Å². The number of aromatic amines is 1. The largest absolute Gasteiger partial charge is 0.394 e. The van der Waals surface area contributed by atoms with Crippen LogP contribution in [0.5, 0.6) is 0 Å². The van der Waals surface area contributed by atoms with E-state index in [9.17, 15) is 18.0 Å². The Morgan fingerprint density at radius 1 is 1.41 bits per heavy atom. The molecule has 0 fully saturated rings. The molecule has 0 radical (unpaired) electrons. The Bertz CT molecular complexity index is 988. The molecule has 3 rings (SSSR count). The van der Waals surface area contributed by atoms with Crippen molar-refractivity contribution in [2.24, 2.45) is 0 Å². The van der Waals surface area contributed by atoms with Gasteiger partial charge in [-0.25, -0.2) is 5.10 Å². The van der Waals surface area contributed by atoms with Gasteiger partial charge in [0.1, 0.15) is 5.02 Å². The van der Waals surface area contributed by atoms with Gasteiger partial charge in [0, 0.05) is 49.7 Å². The summed E-state index contributed by atoms with van der Waals surface area (Å²) in [5.74, 6) is 0. The number of alkyl halides is 3. The van der Waals surface area contributed by atoms with Crippen molar-refractivity contribution in [3.63, 3.8) is 0 Å². The van der Waals surface area contributed by atoms with E-state index in [-0.39, 0.29) is 17.3 Å². The van der Waals surface area contributed by atoms with E-state index >= 15 is 0 Å². The Hall–Kier alpha value is -2.88. The van der Waals surface area contributed by atoms with Gasteiger partial charge in [0.2, 0.25) is 0 Å². The van der Waals surface area contributed by atoms with Gasteiger partial charge in [0.05, 0.1) is 24.0 Å². The summed E-state index contributed by atoms with van der Waals surface area (Å²) in [6.45, 7) is 0.991. The third kappa shape index (κ3) is 5.14. The monoisotopic (exact) mass is 426 g/mol. The lowest BCUT2D eigenvalue weighted by molar-refractivity contribution is -0.128. The van der Waals surface area contributed by atoms with Crippen LogP contribution in [0.4, 0.5) is 18.9 Å². The first-order chi connectivity index (χ1) is 13.8. The molecular formula is C18H18ClF3N6O. The molecule has 154 valence electrons. The van der Waals surface area contributed by atoms with Crippen LogP contribution in [0.15, 0.2) is 40.6 Å². The Kier molecular flexibility index (Phi) is 6.21. The molecule has 0 aliphatic carbocycles. The average molecular weight is 427 g/mol. The van der Waals surface area contributed by atoms with Gasteiger partial charge in [-0.1, -0.05) is 17.7 Å². The minimum Gasteiger partial charge on any atom is -0.384 e. The van der Waals surface area contributed by atoms with Crippen molar-refractivity contribution < 1.29 is 13.2 Å². The zero-order valence-corrected chi connectivity index (χ0v) is 15.9. The van der Waals surface area contributed by atoms with E-state index in [0.29, 0.717) is 36.3 Å². The first kappa shape index (κ1) is 20.8. The molecular weight excluding hydrogens is 409 g/mol. The highest BCUT2D eigenvalue weighted by atomic mass is 35.5. The van der Waals surface area contributed by atoms with Crippen LogP contribution in [-0.2, 0) is 13.0 Å². The minimum absolute atomic E-state index is 0.0212. The van der Waals surface area contributed by atoms with Crippen LogP contribution in [0.3, 0.4) is 0 Å². The maximum atomic E-state index is 12.8. The average Bonchev–Trinajstić information content (AvgIpc) is 2.68. The molecule has 3 heterocycles. The fraction of sp³-hybridized carbons (Fsp3) is 0.333. The zero-order valence-electron chi connectivity index (χ0n) is 15.2. The van der Waals surface area contributed by atoms with Crippen LogP contribution in [-0.4, -0.2) is 40.7 Å². The van der Waals surface area contributed by atoms with Crippen molar-refractivity contribution in [1.82, 2.24) is 20.5 Å². The van der Waals surface area contributed by atoms with Crippen LogP contribution in [0.25, 0.3) is 0 Å². The minimum atomic E-state index is -4.34. The lowest BCUT2D eigenvalue weighted by atomic mass is 10.1. The second-order valence-corrected chi connectivity index (χ2v) is 6.85. The van der Waals surface area contributed by atoms with Gasteiger partial charge < -0.3 is 15.6 Å². The van der Waals surface area contributed by atoms with E-state index in [4.69, 9.17) is 17.0 Å². The highest BCUT2D eigenvalue weighted by molar-refractivity contribution is 6.33. The van der Waals surface area contributed by atoms with Crippen LogP contribution < -0.4 is 15.8 Å². The first-order valence-electron chi connectivity index (χ1n) is 8.72. The molecule has 0 saturated heterocycles. The standard InChI is InChI=1S/C18H18ClF3N6O/c19-16-15(9-26-27-17(16)29)28-5-3-13(12(7-23)10-28)25-8-11-2-1-4-24-14(11)6-18(20,21)22/h1-2,4,7,9,23,25H,3,5-6,8,10H2,(H,27,29). The molecule has 0 aromatic carbocycles. The molecule has 0 unspecified atom stereocenters. The van der Waals surface area contributed by atoms with Crippen molar-refractivity contribution in [2.75, 3.05) is 18.0 Å². The highest BCUT2D eigenvalue weighted by Crippen LogP contribution is 2.26. The van der Waals surface area contributed by atoms with Gasteiger partial charge in [-0.15, -0.1) is 0 Å². The van der Waals surface area contributed by atoms with E-state index in [0.717, 1.165) is 5.70 Å². The van der Waals surface area contributed by atoms with Crippen LogP contribution in [0, 0.1) is 5.41 Å². The number of anilines is 1. The van der Waals surface area contributed by atoms with E-state index in [1.54, 1.807) is 12.1 Å². The molecule has 0 saturated carbocycles. The van der Waals surface area contributed by atoms with Gasteiger partial charge in [-0.2, -0.15) is 18.3 Å². The molecule has 0 spiro atoms. The molecule has 0 atom stereocenters. The lowest BCUT2D eigenvalue weighted by Gasteiger charge is -2.31. The normalized spacial score (nSPS) is 14.8. The van der Waals surface area contributed by atoms with Crippen LogP contribution in [0.1, 0.15) is 17.7 Å². The maximum absolute atomic E-state index is 12.8. The molecule has 0 amide bonds. The molecule has 2 aromatic rings. The van der Waals surface area contributed by atoms with Gasteiger partial charge >= 0.3 is 6.18 Å². The summed E-state index contributed by atoms with van der Waals surface area (Å²) in [5, 5.41) is 16.9. The van der Waals surface area contributed by atoms with Crippen LogP contribution >= 0.6 is 11.6 Å². The predicted molar refractivity (Wildman–Crippen MR) is 103 cm³/mol. The number of nitrogens with zero attached hydrogens (tertiary/aromatic N) is 3. The summed E-state index contributed by atoms with van der Waals surface area (Å²) in [5.41, 5.74) is 1.80. The molecule has 1 aliphatic rings. The zero-order chi connectivity index (χ0) is 21.0. The summed E-state index contributed by atoms with van der Waals surface area (Å²) in [7, 11) is 0. The third-order valence-corrected chi connectivity index (χ3v) is 4.88. The molecule has 1 aliphatic heterocycles. The fourth-order valence-electron chi connectivity index (χ4n) is 3.11. The van der Waals surface area contributed by atoms with Crippen molar-refractivity contribution in [1.29, 1.82) is 5.41 Å². The molecule has 0 bridgehead atoms. The summed E-state index contributed by atoms with van der Waals surface area (Å²) in [6, 6.07) is 3.19. The van der Waals surface area contributed by atoms with Gasteiger partial charge in [-0.05, 0) is 11.6 Å². The number of hydrogen-bond acceptors (Lipinski definition) is 6. The number of H-pyrrole nitrogens is 1. The molecule has 11 heteroatoms. The third-order valence-electron chi connectivity index (χ3n) is 4.52. The summed E-state index contributed by atoms with van der Waals surface area (Å²) < 4.78 is 38.3. The van der Waals surface area contributed by atoms with E-state index in [2.05, 4.69) is 20.5 Å². The van der Waals surface area contributed by atoms with Gasteiger partial charge in [0.25, 0.3) is 5.56 Å². The Morgan fingerprint density at radius 2 is 2.21 bits per heavy atom. The number of rotatable bonds is 6. The second-order valence-electron chi connectivity index (χ2n) is 6.47. The Labute approximate surface area is 169 Å². The molecule has 3 N–H and O–H groups in total. The van der Waals surface area contributed by atoms with Crippen molar-refractivity contribution in [2.45, 2.75) is 25.6 Å². The highest BCUT2D eigenvalue weighted by Gasteiger charge is 2.29. The van der Waals surface area contributed by atoms with E-state index in [1.165, 1.54) is 18.6 Å². The lowest BCUT2D eigenvalue weighted by Crippen LogP contribution is -2.36.